The van der Waals surface area contributed by atoms with Gasteiger partial charge in [0.15, 0.2) is 0 Å². The highest BCUT2D eigenvalue weighted by molar-refractivity contribution is 6.30. The predicted molar refractivity (Wildman–Crippen MR) is 80.6 cm³/mol. The summed E-state index contributed by atoms with van der Waals surface area (Å²) < 4.78 is 0. The van der Waals surface area contributed by atoms with Crippen LogP contribution in [0.1, 0.15) is 35.4 Å². The maximum Gasteiger partial charge on any atom is 0.0406 e. The smallest absolute Gasteiger partial charge is 0.0406 e. The van der Waals surface area contributed by atoms with Crippen molar-refractivity contribution in [2.24, 2.45) is 5.73 Å². The molecule has 0 radical (unpaired) electrons. The van der Waals surface area contributed by atoms with E-state index in [0.29, 0.717) is 12.5 Å². The number of aryl methyl sites for hydroxylation is 1. The first-order valence-corrected chi connectivity index (χ1v) is 6.86. The van der Waals surface area contributed by atoms with E-state index in [9.17, 15) is 0 Å². The summed E-state index contributed by atoms with van der Waals surface area (Å²) in [6, 6.07) is 10.2. The summed E-state index contributed by atoms with van der Waals surface area (Å²) in [5.41, 5.74) is 9.59. The van der Waals surface area contributed by atoms with Crippen LogP contribution in [0, 0.1) is 6.92 Å². The second kappa shape index (κ2) is 6.18. The molecule has 1 aromatic heterocycles. The highest BCUT2D eigenvalue weighted by Gasteiger charge is 2.20. The van der Waals surface area contributed by atoms with Crippen LogP contribution in [0.25, 0.3) is 0 Å². The molecule has 1 heterocycles. The van der Waals surface area contributed by atoms with Crippen LogP contribution >= 0.6 is 11.6 Å². The molecule has 1 aromatic carbocycles. The van der Waals surface area contributed by atoms with Crippen molar-refractivity contribution < 1.29 is 0 Å². The molecule has 0 saturated heterocycles. The maximum atomic E-state index is 5.97. The summed E-state index contributed by atoms with van der Waals surface area (Å²) in [5.74, 6) is 0.611. The molecule has 2 rings (SSSR count). The molecule has 0 spiro atoms. The highest BCUT2D eigenvalue weighted by Crippen LogP contribution is 2.32. The van der Waals surface area contributed by atoms with Crippen molar-refractivity contribution in [1.82, 2.24) is 4.98 Å². The fourth-order valence-electron chi connectivity index (χ4n) is 2.41. The van der Waals surface area contributed by atoms with E-state index in [4.69, 9.17) is 17.3 Å². The van der Waals surface area contributed by atoms with Gasteiger partial charge in [0, 0.05) is 23.3 Å². The maximum absolute atomic E-state index is 5.97. The third-order valence-electron chi connectivity index (χ3n) is 3.58. The zero-order chi connectivity index (χ0) is 13.8. The summed E-state index contributed by atoms with van der Waals surface area (Å²) in [7, 11) is 0. The minimum absolute atomic E-state index is 0.272. The largest absolute Gasteiger partial charge is 0.330 e. The van der Waals surface area contributed by atoms with Gasteiger partial charge < -0.3 is 5.73 Å². The lowest BCUT2D eigenvalue weighted by Crippen LogP contribution is -2.18. The van der Waals surface area contributed by atoms with Crippen molar-refractivity contribution in [1.29, 1.82) is 0 Å². The number of nitrogens with zero attached hydrogens (tertiary/aromatic N) is 1. The molecule has 2 atom stereocenters. The Morgan fingerprint density at radius 1 is 1.16 bits per heavy atom. The summed E-state index contributed by atoms with van der Waals surface area (Å²) >= 11 is 5.93. The first-order chi connectivity index (χ1) is 9.11. The monoisotopic (exact) mass is 274 g/mol. The molecule has 3 heteroatoms. The van der Waals surface area contributed by atoms with Crippen LogP contribution in [0.5, 0.6) is 0 Å². The third kappa shape index (κ3) is 3.34. The number of aromatic nitrogens is 1. The Labute approximate surface area is 119 Å². The van der Waals surface area contributed by atoms with Crippen molar-refractivity contribution in [3.05, 3.63) is 64.4 Å². The van der Waals surface area contributed by atoms with Gasteiger partial charge in [0.25, 0.3) is 0 Å². The van der Waals surface area contributed by atoms with E-state index in [-0.39, 0.29) is 5.92 Å². The Balaban J connectivity index is 2.28. The number of halogens is 1. The zero-order valence-corrected chi connectivity index (χ0v) is 12.1. The van der Waals surface area contributed by atoms with E-state index in [1.807, 2.05) is 24.5 Å². The molecule has 100 valence electrons. The minimum Gasteiger partial charge on any atom is -0.330 e. The Morgan fingerprint density at radius 3 is 2.42 bits per heavy atom. The Hall–Kier alpha value is -1.38. The molecule has 19 heavy (non-hydrogen) atoms. The SMILES string of the molecule is Cc1cncc(C(CN)C(C)c2ccc(Cl)cc2)c1. The lowest BCUT2D eigenvalue weighted by molar-refractivity contribution is 0.582. The van der Waals surface area contributed by atoms with E-state index in [1.54, 1.807) is 0 Å². The summed E-state index contributed by atoms with van der Waals surface area (Å²) in [5, 5.41) is 0.762. The first-order valence-electron chi connectivity index (χ1n) is 6.49. The molecule has 0 aliphatic rings. The van der Waals surface area contributed by atoms with Gasteiger partial charge in [-0.05, 0) is 48.2 Å². The van der Waals surface area contributed by atoms with Crippen LogP contribution in [-0.2, 0) is 0 Å². The van der Waals surface area contributed by atoms with Crippen molar-refractivity contribution in [3.8, 4) is 0 Å². The third-order valence-corrected chi connectivity index (χ3v) is 3.83. The van der Waals surface area contributed by atoms with Gasteiger partial charge >= 0.3 is 0 Å². The molecule has 2 unspecified atom stereocenters. The second-order valence-electron chi connectivity index (χ2n) is 4.98. The molecule has 0 saturated carbocycles. The molecule has 0 aliphatic heterocycles. The lowest BCUT2D eigenvalue weighted by atomic mass is 9.83. The number of hydrogen-bond donors (Lipinski definition) is 1. The normalized spacial score (nSPS) is 14.1. The second-order valence-corrected chi connectivity index (χ2v) is 5.41. The Bertz CT molecular complexity index is 537. The minimum atomic E-state index is 0.272. The van der Waals surface area contributed by atoms with Crippen LogP contribution in [0.15, 0.2) is 42.7 Å². The van der Waals surface area contributed by atoms with Gasteiger partial charge in [0.05, 0.1) is 0 Å². The van der Waals surface area contributed by atoms with Gasteiger partial charge in [0.1, 0.15) is 0 Å². The van der Waals surface area contributed by atoms with E-state index in [0.717, 1.165) is 5.02 Å². The van der Waals surface area contributed by atoms with Crippen LogP contribution < -0.4 is 5.73 Å². The van der Waals surface area contributed by atoms with E-state index in [1.165, 1.54) is 16.7 Å². The fourth-order valence-corrected chi connectivity index (χ4v) is 2.53. The van der Waals surface area contributed by atoms with Crippen molar-refractivity contribution in [2.45, 2.75) is 25.7 Å². The summed E-state index contributed by atoms with van der Waals surface area (Å²) in [4.78, 5) is 4.27. The van der Waals surface area contributed by atoms with Crippen molar-refractivity contribution >= 4 is 11.6 Å². The lowest BCUT2D eigenvalue weighted by Gasteiger charge is -2.23. The number of hydrogen-bond acceptors (Lipinski definition) is 2. The molecular weight excluding hydrogens is 256 g/mol. The van der Waals surface area contributed by atoms with Gasteiger partial charge in [-0.25, -0.2) is 0 Å². The Morgan fingerprint density at radius 2 is 1.84 bits per heavy atom. The van der Waals surface area contributed by atoms with Gasteiger partial charge in [0.2, 0.25) is 0 Å². The topological polar surface area (TPSA) is 38.9 Å². The number of pyridine rings is 1. The van der Waals surface area contributed by atoms with E-state index in [2.05, 4.69) is 37.0 Å². The van der Waals surface area contributed by atoms with Crippen LogP contribution in [-0.4, -0.2) is 11.5 Å². The quantitative estimate of drug-likeness (QED) is 0.919. The number of benzene rings is 1. The zero-order valence-electron chi connectivity index (χ0n) is 11.3. The van der Waals surface area contributed by atoms with E-state index < -0.39 is 0 Å². The van der Waals surface area contributed by atoms with Gasteiger partial charge in [-0.2, -0.15) is 0 Å². The predicted octanol–water partition coefficient (Wildman–Crippen LogP) is 3.89. The van der Waals surface area contributed by atoms with Crippen LogP contribution in [0.3, 0.4) is 0 Å². The molecule has 0 bridgehead atoms. The standard InChI is InChI=1S/C16H19ClN2/c1-11-7-14(10-19-9-11)16(8-18)12(2)13-3-5-15(17)6-4-13/h3-7,9-10,12,16H,8,18H2,1-2H3. The van der Waals surface area contributed by atoms with Crippen molar-refractivity contribution in [2.75, 3.05) is 6.54 Å². The average Bonchev–Trinajstić information content (AvgIpc) is 2.40. The summed E-state index contributed by atoms with van der Waals surface area (Å²) in [6.07, 6.45) is 3.78. The molecule has 0 amide bonds. The fraction of sp³-hybridized carbons (Fsp3) is 0.312. The molecule has 2 nitrogen and oxygen atoms in total. The van der Waals surface area contributed by atoms with Gasteiger partial charge in [-0.15, -0.1) is 0 Å². The molecular formula is C16H19ClN2. The van der Waals surface area contributed by atoms with Gasteiger partial charge in [-0.1, -0.05) is 36.7 Å². The summed E-state index contributed by atoms with van der Waals surface area (Å²) in [6.45, 7) is 4.86. The first kappa shape index (κ1) is 14.0. The van der Waals surface area contributed by atoms with Crippen molar-refractivity contribution in [3.63, 3.8) is 0 Å². The number of rotatable bonds is 4. The molecule has 2 N–H and O–H groups in total. The molecule has 2 aromatic rings. The highest BCUT2D eigenvalue weighted by atomic mass is 35.5. The van der Waals surface area contributed by atoms with E-state index >= 15 is 0 Å². The van der Waals surface area contributed by atoms with Gasteiger partial charge in [-0.3, -0.25) is 4.98 Å². The average molecular weight is 275 g/mol. The van der Waals surface area contributed by atoms with Crippen LogP contribution in [0.2, 0.25) is 5.02 Å². The van der Waals surface area contributed by atoms with Crippen LogP contribution in [0.4, 0.5) is 0 Å². The molecule has 0 aliphatic carbocycles. The molecule has 0 fully saturated rings. The number of nitrogens with two attached hydrogens (primary N) is 1. The Kier molecular flexibility index (Phi) is 4.56.